The van der Waals surface area contributed by atoms with Crippen molar-refractivity contribution in [2.75, 3.05) is 0 Å². The SMILES string of the molecule is Cc1c2c(c(CO)c3ccc4ccccc4c13)C=C[C@H](O)[C@H]2O. The van der Waals surface area contributed by atoms with Gasteiger partial charge in [-0.05, 0) is 50.7 Å². The molecule has 0 saturated heterocycles. The van der Waals surface area contributed by atoms with Crippen molar-refractivity contribution in [2.45, 2.75) is 25.7 Å². The first kappa shape index (κ1) is 14.4. The zero-order valence-electron chi connectivity index (χ0n) is 12.8. The van der Waals surface area contributed by atoms with E-state index < -0.39 is 12.2 Å². The van der Waals surface area contributed by atoms with Gasteiger partial charge in [0.2, 0.25) is 0 Å². The maximum atomic E-state index is 10.5. The Labute approximate surface area is 134 Å². The Morgan fingerprint density at radius 1 is 1.00 bits per heavy atom. The molecule has 0 amide bonds. The Hall–Kier alpha value is -2.20. The molecule has 1 aliphatic rings. The molecule has 0 unspecified atom stereocenters. The first-order chi connectivity index (χ1) is 11.1. The lowest BCUT2D eigenvalue weighted by Crippen LogP contribution is -2.21. The van der Waals surface area contributed by atoms with Crippen molar-refractivity contribution < 1.29 is 15.3 Å². The molecule has 0 aromatic heterocycles. The van der Waals surface area contributed by atoms with Gasteiger partial charge in [0.1, 0.15) is 12.2 Å². The van der Waals surface area contributed by atoms with Gasteiger partial charge in [-0.3, -0.25) is 0 Å². The van der Waals surface area contributed by atoms with E-state index in [0.717, 1.165) is 38.2 Å². The summed E-state index contributed by atoms with van der Waals surface area (Å²) in [6.45, 7) is 1.87. The number of hydrogen-bond acceptors (Lipinski definition) is 3. The fourth-order valence-corrected chi connectivity index (χ4v) is 3.78. The van der Waals surface area contributed by atoms with Gasteiger partial charge >= 0.3 is 0 Å². The van der Waals surface area contributed by atoms with Crippen molar-refractivity contribution in [3.63, 3.8) is 0 Å². The lowest BCUT2D eigenvalue weighted by Gasteiger charge is -2.27. The third-order valence-electron chi connectivity index (χ3n) is 4.89. The summed E-state index contributed by atoms with van der Waals surface area (Å²) in [5.41, 5.74) is 3.30. The number of fused-ring (bicyclic) bond motifs is 4. The average molecular weight is 306 g/mol. The van der Waals surface area contributed by atoms with Crippen LogP contribution in [0.3, 0.4) is 0 Å². The molecule has 2 atom stereocenters. The minimum absolute atomic E-state index is 0.107. The Kier molecular flexibility index (Phi) is 3.23. The first-order valence-corrected chi connectivity index (χ1v) is 7.75. The van der Waals surface area contributed by atoms with Crippen LogP contribution in [0.5, 0.6) is 0 Å². The van der Waals surface area contributed by atoms with Gasteiger partial charge in [0, 0.05) is 0 Å². The number of aliphatic hydroxyl groups excluding tert-OH is 3. The molecule has 3 aromatic rings. The predicted molar refractivity (Wildman–Crippen MR) is 92.1 cm³/mol. The van der Waals surface area contributed by atoms with Gasteiger partial charge in [-0.2, -0.15) is 0 Å². The van der Waals surface area contributed by atoms with Gasteiger partial charge in [0.05, 0.1) is 6.61 Å². The molecule has 0 heterocycles. The highest BCUT2D eigenvalue weighted by atomic mass is 16.3. The topological polar surface area (TPSA) is 60.7 Å². The van der Waals surface area contributed by atoms with E-state index in [1.165, 1.54) is 0 Å². The van der Waals surface area contributed by atoms with Crippen molar-refractivity contribution in [1.82, 2.24) is 0 Å². The Bertz CT molecular complexity index is 956. The Morgan fingerprint density at radius 3 is 2.57 bits per heavy atom. The lowest BCUT2D eigenvalue weighted by atomic mass is 9.81. The molecule has 3 nitrogen and oxygen atoms in total. The molecular weight excluding hydrogens is 288 g/mol. The van der Waals surface area contributed by atoms with Gasteiger partial charge in [-0.1, -0.05) is 48.6 Å². The molecule has 3 heteroatoms. The molecule has 4 rings (SSSR count). The second kappa shape index (κ2) is 5.17. The highest BCUT2D eigenvalue weighted by Gasteiger charge is 2.28. The highest BCUT2D eigenvalue weighted by Crippen LogP contribution is 2.41. The monoisotopic (exact) mass is 306 g/mol. The summed E-state index contributed by atoms with van der Waals surface area (Å²) < 4.78 is 0. The maximum Gasteiger partial charge on any atom is 0.109 e. The number of aliphatic hydroxyl groups is 3. The summed E-state index contributed by atoms with van der Waals surface area (Å²) in [5.74, 6) is 0. The van der Waals surface area contributed by atoms with E-state index in [0.29, 0.717) is 5.56 Å². The van der Waals surface area contributed by atoms with Crippen LogP contribution in [0.1, 0.15) is 28.4 Å². The predicted octanol–water partition coefficient (Wildman–Crippen LogP) is 3.21. The standard InChI is InChI=1S/C20H18O3/c1-11-18-13-5-3-2-4-12(13)6-7-14(18)16(10-21)15-8-9-17(22)20(23)19(11)15/h2-9,17,20-23H,10H2,1H3/t17-,20+/m0/s1. The third kappa shape index (κ3) is 1.94. The van der Waals surface area contributed by atoms with Gasteiger partial charge in [-0.25, -0.2) is 0 Å². The summed E-state index contributed by atoms with van der Waals surface area (Å²) in [4.78, 5) is 0. The van der Waals surface area contributed by atoms with Crippen LogP contribution < -0.4 is 0 Å². The van der Waals surface area contributed by atoms with Crippen LogP contribution >= 0.6 is 0 Å². The molecule has 0 radical (unpaired) electrons. The van der Waals surface area contributed by atoms with Crippen LogP contribution in [-0.2, 0) is 6.61 Å². The van der Waals surface area contributed by atoms with Crippen LogP contribution in [0, 0.1) is 6.92 Å². The molecule has 0 bridgehead atoms. The quantitative estimate of drug-likeness (QED) is 0.605. The van der Waals surface area contributed by atoms with Crippen molar-refractivity contribution in [3.05, 3.63) is 64.7 Å². The molecule has 116 valence electrons. The number of rotatable bonds is 1. The normalized spacial score (nSPS) is 20.2. The highest BCUT2D eigenvalue weighted by molar-refractivity contribution is 6.11. The largest absolute Gasteiger partial charge is 0.392 e. The number of aryl methyl sites for hydroxylation is 1. The zero-order chi connectivity index (χ0) is 16.1. The van der Waals surface area contributed by atoms with Crippen LogP contribution in [0.15, 0.2) is 42.5 Å². The van der Waals surface area contributed by atoms with Crippen LogP contribution in [-0.4, -0.2) is 21.4 Å². The van der Waals surface area contributed by atoms with Gasteiger partial charge in [0.25, 0.3) is 0 Å². The van der Waals surface area contributed by atoms with Crippen molar-refractivity contribution in [2.24, 2.45) is 0 Å². The van der Waals surface area contributed by atoms with E-state index in [-0.39, 0.29) is 6.61 Å². The lowest BCUT2D eigenvalue weighted by molar-refractivity contribution is 0.0465. The van der Waals surface area contributed by atoms with Crippen molar-refractivity contribution in [3.8, 4) is 0 Å². The van der Waals surface area contributed by atoms with Crippen molar-refractivity contribution >= 4 is 27.6 Å². The van der Waals surface area contributed by atoms with E-state index in [9.17, 15) is 15.3 Å². The molecule has 0 spiro atoms. The van der Waals surface area contributed by atoms with E-state index in [4.69, 9.17) is 0 Å². The fraction of sp³-hybridized carbons (Fsp3) is 0.200. The van der Waals surface area contributed by atoms with E-state index in [1.54, 1.807) is 12.2 Å². The first-order valence-electron chi connectivity index (χ1n) is 7.75. The van der Waals surface area contributed by atoms with E-state index in [1.807, 2.05) is 25.1 Å². The summed E-state index contributed by atoms with van der Waals surface area (Å²) in [6, 6.07) is 12.2. The molecule has 0 saturated carbocycles. The summed E-state index contributed by atoms with van der Waals surface area (Å²) in [7, 11) is 0. The number of hydrogen-bond donors (Lipinski definition) is 3. The average Bonchev–Trinajstić information content (AvgIpc) is 2.57. The second-order valence-electron chi connectivity index (χ2n) is 6.09. The van der Waals surface area contributed by atoms with Crippen LogP contribution in [0.2, 0.25) is 0 Å². The minimum Gasteiger partial charge on any atom is -0.392 e. The molecule has 3 N–H and O–H groups in total. The van der Waals surface area contributed by atoms with E-state index in [2.05, 4.69) is 18.2 Å². The summed E-state index contributed by atoms with van der Waals surface area (Å²) in [6.07, 6.45) is 1.50. The Balaban J connectivity index is 2.25. The van der Waals surface area contributed by atoms with Gasteiger partial charge in [-0.15, -0.1) is 0 Å². The number of benzene rings is 3. The Morgan fingerprint density at radius 2 is 1.78 bits per heavy atom. The van der Waals surface area contributed by atoms with Crippen LogP contribution in [0.4, 0.5) is 0 Å². The van der Waals surface area contributed by atoms with Gasteiger partial charge < -0.3 is 15.3 Å². The molecular formula is C20H18O3. The maximum absolute atomic E-state index is 10.5. The van der Waals surface area contributed by atoms with Crippen LogP contribution in [0.25, 0.3) is 27.6 Å². The molecule has 0 fully saturated rings. The van der Waals surface area contributed by atoms with E-state index >= 15 is 0 Å². The molecule has 0 aliphatic heterocycles. The van der Waals surface area contributed by atoms with Crippen molar-refractivity contribution in [1.29, 1.82) is 0 Å². The summed E-state index contributed by atoms with van der Waals surface area (Å²) >= 11 is 0. The van der Waals surface area contributed by atoms with Gasteiger partial charge in [0.15, 0.2) is 0 Å². The second-order valence-corrected chi connectivity index (χ2v) is 6.09. The minimum atomic E-state index is -0.969. The zero-order valence-corrected chi connectivity index (χ0v) is 12.8. The smallest absolute Gasteiger partial charge is 0.109 e. The fourth-order valence-electron chi connectivity index (χ4n) is 3.78. The molecule has 23 heavy (non-hydrogen) atoms. The molecule has 3 aromatic carbocycles. The molecule has 1 aliphatic carbocycles. The third-order valence-corrected chi connectivity index (χ3v) is 4.89. The summed E-state index contributed by atoms with van der Waals surface area (Å²) in [5, 5.41) is 34.6.